The Hall–Kier alpha value is -4.66. The van der Waals surface area contributed by atoms with Gasteiger partial charge in [-0.15, -0.1) is 5.92 Å². The van der Waals surface area contributed by atoms with Crippen LogP contribution in [0.3, 0.4) is 0 Å². The summed E-state index contributed by atoms with van der Waals surface area (Å²) in [5, 5.41) is 3.95. The number of nitrogens with one attached hydrogen (secondary N) is 1. The van der Waals surface area contributed by atoms with Crippen molar-refractivity contribution in [2.75, 3.05) is 18.0 Å². The van der Waals surface area contributed by atoms with Crippen molar-refractivity contribution in [1.29, 1.82) is 0 Å². The first-order valence-corrected chi connectivity index (χ1v) is 14.0. The number of aryl methyl sites for hydroxylation is 2. The number of aromatic nitrogens is 6. The molecule has 1 atom stereocenters. The highest BCUT2D eigenvalue weighted by Crippen LogP contribution is 2.30. The van der Waals surface area contributed by atoms with E-state index in [0.29, 0.717) is 36.0 Å². The predicted octanol–water partition coefficient (Wildman–Crippen LogP) is 3.48. The van der Waals surface area contributed by atoms with Crippen molar-refractivity contribution >= 4 is 34.1 Å². The van der Waals surface area contributed by atoms with Crippen molar-refractivity contribution in [2.45, 2.75) is 72.3 Å². The molecule has 1 N–H and O–H groups in total. The quantitative estimate of drug-likeness (QED) is 0.345. The minimum Gasteiger partial charge on any atom is -0.468 e. The molecular weight excluding hydrogens is 536 g/mol. The minimum absolute atomic E-state index is 0.0203. The van der Waals surface area contributed by atoms with Crippen LogP contribution < -0.4 is 20.6 Å². The summed E-state index contributed by atoms with van der Waals surface area (Å²) in [4.78, 5) is 45.8. The average molecular weight is 573 g/mol. The van der Waals surface area contributed by atoms with E-state index in [0.717, 1.165) is 36.0 Å². The van der Waals surface area contributed by atoms with E-state index in [1.54, 1.807) is 14.0 Å². The highest BCUT2D eigenvalue weighted by molar-refractivity contribution is 5.81. The number of anilines is 1. The van der Waals surface area contributed by atoms with Crippen molar-refractivity contribution in [3.8, 4) is 17.7 Å². The van der Waals surface area contributed by atoms with Crippen molar-refractivity contribution in [1.82, 2.24) is 34.4 Å². The summed E-state index contributed by atoms with van der Waals surface area (Å²) in [5.41, 5.74) is 1.55. The molecule has 5 rings (SSSR count). The molecule has 0 saturated carbocycles. The summed E-state index contributed by atoms with van der Waals surface area (Å²) >= 11 is 0. The number of carbonyl (C=O) groups is 1. The normalized spacial score (nSPS) is 15.4. The zero-order valence-corrected chi connectivity index (χ0v) is 24.9. The Kier molecular flexibility index (Phi) is 8.02. The number of ether oxygens (including phenoxy) is 2. The van der Waals surface area contributed by atoms with Crippen LogP contribution >= 0.6 is 0 Å². The van der Waals surface area contributed by atoms with Gasteiger partial charge in [-0.25, -0.2) is 19.6 Å². The van der Waals surface area contributed by atoms with E-state index in [1.807, 2.05) is 56.5 Å². The Labute approximate surface area is 244 Å². The molecule has 1 aliphatic rings. The first kappa shape index (κ1) is 28.9. The molecule has 42 heavy (non-hydrogen) atoms. The summed E-state index contributed by atoms with van der Waals surface area (Å²) in [6.45, 7) is 10.8. The van der Waals surface area contributed by atoms with Gasteiger partial charge >= 0.3 is 11.8 Å². The maximum Gasteiger partial charge on any atom is 0.407 e. The van der Waals surface area contributed by atoms with Crippen LogP contribution in [0.15, 0.2) is 29.1 Å². The van der Waals surface area contributed by atoms with Crippen LogP contribution in [0.25, 0.3) is 22.1 Å². The maximum atomic E-state index is 12.9. The van der Waals surface area contributed by atoms with Crippen LogP contribution in [0.5, 0.6) is 5.88 Å². The average Bonchev–Trinajstić information content (AvgIpc) is 3.32. The van der Waals surface area contributed by atoms with Crippen LogP contribution in [0.1, 0.15) is 52.1 Å². The third kappa shape index (κ3) is 6.15. The van der Waals surface area contributed by atoms with E-state index < -0.39 is 17.4 Å². The van der Waals surface area contributed by atoms with Gasteiger partial charge in [0, 0.05) is 37.3 Å². The van der Waals surface area contributed by atoms with E-state index >= 15 is 0 Å². The molecule has 0 bridgehead atoms. The summed E-state index contributed by atoms with van der Waals surface area (Å²) in [6.07, 6.45) is 1.19. The molecule has 0 aliphatic carbocycles. The van der Waals surface area contributed by atoms with Crippen molar-refractivity contribution in [3.05, 3.63) is 46.3 Å². The zero-order valence-electron chi connectivity index (χ0n) is 24.9. The second kappa shape index (κ2) is 11.7. The topological polar surface area (TPSA) is 129 Å². The molecular formula is C30H36N8O4. The molecule has 12 heteroatoms. The lowest BCUT2D eigenvalue weighted by Gasteiger charge is -2.34. The van der Waals surface area contributed by atoms with Crippen LogP contribution in [-0.4, -0.2) is 59.9 Å². The van der Waals surface area contributed by atoms with Crippen LogP contribution in [0.4, 0.5) is 10.7 Å². The molecule has 1 aliphatic heterocycles. The zero-order chi connectivity index (χ0) is 30.0. The number of hydrogen-bond acceptors (Lipinski definition) is 9. The Morgan fingerprint density at radius 1 is 1.17 bits per heavy atom. The standard InChI is InChI=1S/C30H36N8O4/c1-7-8-16-38-24-25(34-27(38)37-15-11-12-20(17-37)32-29(40)42-30(3,4)5)36(6)28(39)35-26(24)41-18-23-31-19(2)21-13-9-10-14-22(21)33-23/h9-10,13-14,20H,11-12,15-18H2,1-6H3,(H,32,40)/t20-/m1/s1. The van der Waals surface area contributed by atoms with Crippen LogP contribution in [0.2, 0.25) is 0 Å². The van der Waals surface area contributed by atoms with Gasteiger partial charge in [-0.1, -0.05) is 24.1 Å². The number of fused-ring (bicyclic) bond motifs is 2. The number of hydrogen-bond donors (Lipinski definition) is 1. The number of nitrogens with zero attached hydrogens (tertiary/aromatic N) is 7. The van der Waals surface area contributed by atoms with Crippen LogP contribution in [0, 0.1) is 18.8 Å². The third-order valence-electron chi connectivity index (χ3n) is 6.95. The van der Waals surface area contributed by atoms with Gasteiger partial charge in [0.25, 0.3) is 0 Å². The molecule has 1 aromatic carbocycles. The van der Waals surface area contributed by atoms with Crippen molar-refractivity contribution < 1.29 is 14.3 Å². The lowest BCUT2D eigenvalue weighted by atomic mass is 10.1. The molecule has 1 fully saturated rings. The number of benzene rings is 1. The Morgan fingerprint density at radius 2 is 1.95 bits per heavy atom. The number of rotatable bonds is 6. The SMILES string of the molecule is CC#CCn1c(N2CCC[C@@H](NC(=O)OC(C)(C)C)C2)nc2c1c(OCc1nc(C)c3ccccc3n1)nc(=O)n2C. The van der Waals surface area contributed by atoms with Gasteiger partial charge in [0.15, 0.2) is 17.0 Å². The second-order valence-corrected chi connectivity index (χ2v) is 11.3. The van der Waals surface area contributed by atoms with E-state index in [1.165, 1.54) is 4.57 Å². The summed E-state index contributed by atoms with van der Waals surface area (Å²) in [6, 6.07) is 7.64. The number of imidazole rings is 1. The fourth-order valence-electron chi connectivity index (χ4n) is 5.07. The Bertz CT molecular complexity index is 1760. The van der Waals surface area contributed by atoms with E-state index in [-0.39, 0.29) is 18.5 Å². The molecule has 220 valence electrons. The number of para-hydroxylation sites is 1. The number of alkyl carbamates (subject to hydrolysis) is 1. The maximum absolute atomic E-state index is 12.9. The van der Waals surface area contributed by atoms with E-state index in [2.05, 4.69) is 37.0 Å². The number of carbonyl (C=O) groups excluding carboxylic acids is 1. The molecule has 3 aromatic heterocycles. The smallest absolute Gasteiger partial charge is 0.407 e. The number of piperidine rings is 1. The Morgan fingerprint density at radius 3 is 2.71 bits per heavy atom. The van der Waals surface area contributed by atoms with Gasteiger partial charge in [-0.2, -0.15) is 9.97 Å². The molecule has 1 amide bonds. The molecule has 0 radical (unpaired) electrons. The molecule has 12 nitrogen and oxygen atoms in total. The first-order chi connectivity index (χ1) is 20.0. The van der Waals surface area contributed by atoms with Gasteiger partial charge in [0.1, 0.15) is 12.2 Å². The summed E-state index contributed by atoms with van der Waals surface area (Å²) < 4.78 is 14.9. The van der Waals surface area contributed by atoms with Gasteiger partial charge in [0.05, 0.1) is 12.1 Å². The monoisotopic (exact) mass is 572 g/mol. The van der Waals surface area contributed by atoms with Crippen molar-refractivity contribution in [2.24, 2.45) is 7.05 Å². The largest absolute Gasteiger partial charge is 0.468 e. The lowest BCUT2D eigenvalue weighted by Crippen LogP contribution is -2.49. The minimum atomic E-state index is -0.587. The fraction of sp³-hybridized carbons (Fsp3) is 0.467. The molecule has 0 spiro atoms. The fourth-order valence-corrected chi connectivity index (χ4v) is 5.07. The van der Waals surface area contributed by atoms with Crippen LogP contribution in [-0.2, 0) is 24.9 Å². The highest BCUT2D eigenvalue weighted by atomic mass is 16.6. The third-order valence-corrected chi connectivity index (χ3v) is 6.95. The second-order valence-electron chi connectivity index (χ2n) is 11.3. The summed E-state index contributed by atoms with van der Waals surface area (Å²) in [7, 11) is 1.63. The summed E-state index contributed by atoms with van der Waals surface area (Å²) in [5.74, 6) is 7.30. The first-order valence-electron chi connectivity index (χ1n) is 14.0. The van der Waals surface area contributed by atoms with Crippen molar-refractivity contribution in [3.63, 3.8) is 0 Å². The molecule has 4 heterocycles. The predicted molar refractivity (Wildman–Crippen MR) is 159 cm³/mol. The van der Waals surface area contributed by atoms with Gasteiger partial charge in [0.2, 0.25) is 11.8 Å². The lowest BCUT2D eigenvalue weighted by molar-refractivity contribution is 0.0499. The molecule has 1 saturated heterocycles. The van der Waals surface area contributed by atoms with Gasteiger partial charge in [-0.3, -0.25) is 9.13 Å². The molecule has 4 aromatic rings. The number of amides is 1. The highest BCUT2D eigenvalue weighted by Gasteiger charge is 2.29. The molecule has 0 unspecified atom stereocenters. The van der Waals surface area contributed by atoms with Gasteiger partial charge in [-0.05, 0) is 53.5 Å². The van der Waals surface area contributed by atoms with Gasteiger partial charge < -0.3 is 19.7 Å². The van der Waals surface area contributed by atoms with E-state index in [4.69, 9.17) is 14.5 Å². The Balaban J connectivity index is 1.49. The van der Waals surface area contributed by atoms with E-state index in [9.17, 15) is 9.59 Å².